The third-order valence-electron chi connectivity index (χ3n) is 2.56. The number of halogens is 2. The van der Waals surface area contributed by atoms with Crippen LogP contribution in [0.4, 0.5) is 5.69 Å². The number of rotatable bonds is 4. The normalized spacial score (nSPS) is 11.4. The molecule has 94 valence electrons. The van der Waals surface area contributed by atoms with Gasteiger partial charge in [-0.1, -0.05) is 37.0 Å². The van der Waals surface area contributed by atoms with Crippen molar-refractivity contribution >= 4 is 34.8 Å². The third-order valence-corrected chi connectivity index (χ3v) is 3.13. The molecule has 1 aromatic rings. The summed E-state index contributed by atoms with van der Waals surface area (Å²) in [6.45, 7) is 4.14. The van der Waals surface area contributed by atoms with Gasteiger partial charge in [-0.25, -0.2) is 0 Å². The van der Waals surface area contributed by atoms with E-state index in [1.54, 1.807) is 18.2 Å². The van der Waals surface area contributed by atoms with Crippen molar-refractivity contribution in [3.63, 3.8) is 0 Å². The van der Waals surface area contributed by atoms with Crippen LogP contribution in [0.1, 0.15) is 20.3 Å². The first-order chi connectivity index (χ1) is 7.86. The topological polar surface area (TPSA) is 55.1 Å². The van der Waals surface area contributed by atoms with Crippen molar-refractivity contribution in [2.75, 3.05) is 11.9 Å². The van der Waals surface area contributed by atoms with Crippen LogP contribution in [0.15, 0.2) is 18.2 Å². The highest BCUT2D eigenvalue weighted by Crippen LogP contribution is 2.28. The minimum Gasteiger partial charge on any atom is -0.330 e. The van der Waals surface area contributed by atoms with Crippen molar-refractivity contribution in [2.45, 2.75) is 20.3 Å². The number of hydrogen-bond donors (Lipinski definition) is 2. The molecule has 0 spiro atoms. The maximum Gasteiger partial charge on any atom is 0.230 e. The summed E-state index contributed by atoms with van der Waals surface area (Å²) in [5.74, 6) is -0.118. The molecule has 0 heterocycles. The van der Waals surface area contributed by atoms with E-state index in [1.807, 2.05) is 13.8 Å². The standard InChI is InChI=1S/C12H16Cl2N2O/c1-12(2,5-6-15)11(17)16-10-7-8(13)3-4-9(10)14/h3-4,7H,5-6,15H2,1-2H3,(H,16,17). The van der Waals surface area contributed by atoms with Gasteiger partial charge in [0.1, 0.15) is 0 Å². The van der Waals surface area contributed by atoms with E-state index in [1.165, 1.54) is 0 Å². The highest BCUT2D eigenvalue weighted by atomic mass is 35.5. The van der Waals surface area contributed by atoms with Crippen LogP contribution in [0, 0.1) is 5.41 Å². The van der Waals surface area contributed by atoms with Gasteiger partial charge in [-0.3, -0.25) is 4.79 Å². The molecule has 5 heteroatoms. The second-order valence-electron chi connectivity index (χ2n) is 4.50. The van der Waals surface area contributed by atoms with Gasteiger partial charge in [0, 0.05) is 10.4 Å². The van der Waals surface area contributed by atoms with E-state index in [0.29, 0.717) is 28.7 Å². The van der Waals surface area contributed by atoms with Gasteiger partial charge in [0.2, 0.25) is 5.91 Å². The predicted molar refractivity (Wildman–Crippen MR) is 72.5 cm³/mol. The lowest BCUT2D eigenvalue weighted by atomic mass is 9.88. The summed E-state index contributed by atoms with van der Waals surface area (Å²) < 4.78 is 0. The summed E-state index contributed by atoms with van der Waals surface area (Å²) in [6, 6.07) is 4.94. The zero-order chi connectivity index (χ0) is 13.1. The maximum atomic E-state index is 12.0. The second-order valence-corrected chi connectivity index (χ2v) is 5.34. The van der Waals surface area contributed by atoms with E-state index in [0.717, 1.165) is 0 Å². The average molecular weight is 275 g/mol. The van der Waals surface area contributed by atoms with E-state index in [4.69, 9.17) is 28.9 Å². The Labute approximate surface area is 111 Å². The van der Waals surface area contributed by atoms with Crippen LogP contribution in [-0.4, -0.2) is 12.5 Å². The van der Waals surface area contributed by atoms with E-state index in [-0.39, 0.29) is 5.91 Å². The molecule has 1 aromatic carbocycles. The zero-order valence-electron chi connectivity index (χ0n) is 9.89. The molecule has 1 rings (SSSR count). The molecule has 0 bridgehead atoms. The highest BCUT2D eigenvalue weighted by molar-refractivity contribution is 6.35. The zero-order valence-corrected chi connectivity index (χ0v) is 11.4. The number of benzene rings is 1. The Morgan fingerprint density at radius 2 is 2.06 bits per heavy atom. The Morgan fingerprint density at radius 3 is 2.65 bits per heavy atom. The van der Waals surface area contributed by atoms with Crippen LogP contribution in [0.2, 0.25) is 10.0 Å². The fourth-order valence-electron chi connectivity index (χ4n) is 1.36. The van der Waals surface area contributed by atoms with E-state index < -0.39 is 5.41 Å². The number of anilines is 1. The summed E-state index contributed by atoms with van der Waals surface area (Å²) in [4.78, 5) is 12.0. The van der Waals surface area contributed by atoms with E-state index in [2.05, 4.69) is 5.32 Å². The Balaban J connectivity index is 2.84. The third kappa shape index (κ3) is 3.87. The molecule has 0 saturated heterocycles. The quantitative estimate of drug-likeness (QED) is 0.885. The van der Waals surface area contributed by atoms with E-state index in [9.17, 15) is 4.79 Å². The molecule has 0 aliphatic heterocycles. The lowest BCUT2D eigenvalue weighted by Crippen LogP contribution is -2.32. The number of hydrogen-bond acceptors (Lipinski definition) is 2. The van der Waals surface area contributed by atoms with Crippen LogP contribution in [0.3, 0.4) is 0 Å². The SMILES string of the molecule is CC(C)(CCN)C(=O)Nc1cc(Cl)ccc1Cl. The Morgan fingerprint density at radius 1 is 1.41 bits per heavy atom. The maximum absolute atomic E-state index is 12.0. The molecule has 1 amide bonds. The Hall–Kier alpha value is -0.770. The summed E-state index contributed by atoms with van der Waals surface area (Å²) >= 11 is 11.8. The molecular weight excluding hydrogens is 259 g/mol. The first-order valence-corrected chi connectivity index (χ1v) is 6.09. The number of carbonyl (C=O) groups is 1. The van der Waals surface area contributed by atoms with Crippen molar-refractivity contribution in [2.24, 2.45) is 11.1 Å². The lowest BCUT2D eigenvalue weighted by Gasteiger charge is -2.23. The van der Waals surface area contributed by atoms with Crippen molar-refractivity contribution in [3.05, 3.63) is 28.2 Å². The van der Waals surface area contributed by atoms with Crippen LogP contribution in [0.25, 0.3) is 0 Å². The molecule has 0 atom stereocenters. The smallest absolute Gasteiger partial charge is 0.230 e. The minimum absolute atomic E-state index is 0.118. The summed E-state index contributed by atoms with van der Waals surface area (Å²) in [7, 11) is 0. The number of nitrogens with one attached hydrogen (secondary N) is 1. The second kappa shape index (κ2) is 5.71. The summed E-state index contributed by atoms with van der Waals surface area (Å²) in [5.41, 5.74) is 5.47. The Kier molecular flexibility index (Phi) is 4.80. The summed E-state index contributed by atoms with van der Waals surface area (Å²) in [6.07, 6.45) is 0.608. The first kappa shape index (κ1) is 14.3. The average Bonchev–Trinajstić information content (AvgIpc) is 2.23. The van der Waals surface area contributed by atoms with Crippen molar-refractivity contribution in [1.82, 2.24) is 0 Å². The number of amides is 1. The van der Waals surface area contributed by atoms with Crippen LogP contribution >= 0.6 is 23.2 Å². The van der Waals surface area contributed by atoms with Gasteiger partial charge in [0.25, 0.3) is 0 Å². The molecule has 0 radical (unpaired) electrons. The van der Waals surface area contributed by atoms with Gasteiger partial charge < -0.3 is 11.1 Å². The van der Waals surface area contributed by atoms with Crippen molar-refractivity contribution in [1.29, 1.82) is 0 Å². The Bertz CT molecular complexity index is 419. The van der Waals surface area contributed by atoms with Crippen molar-refractivity contribution < 1.29 is 4.79 Å². The van der Waals surface area contributed by atoms with Gasteiger partial charge in [0.15, 0.2) is 0 Å². The van der Waals surface area contributed by atoms with Gasteiger partial charge in [-0.15, -0.1) is 0 Å². The van der Waals surface area contributed by atoms with Gasteiger partial charge in [-0.05, 0) is 31.2 Å². The first-order valence-electron chi connectivity index (χ1n) is 5.33. The van der Waals surface area contributed by atoms with Crippen molar-refractivity contribution in [3.8, 4) is 0 Å². The highest BCUT2D eigenvalue weighted by Gasteiger charge is 2.27. The molecule has 3 N–H and O–H groups in total. The minimum atomic E-state index is -0.527. The van der Waals surface area contributed by atoms with E-state index >= 15 is 0 Å². The van der Waals surface area contributed by atoms with Gasteiger partial charge in [-0.2, -0.15) is 0 Å². The molecule has 0 aromatic heterocycles. The molecular formula is C12H16Cl2N2O. The molecule has 17 heavy (non-hydrogen) atoms. The number of carbonyl (C=O) groups excluding carboxylic acids is 1. The predicted octanol–water partition coefficient (Wildman–Crippen LogP) is 3.31. The fourth-order valence-corrected chi connectivity index (χ4v) is 1.70. The van der Waals surface area contributed by atoms with Crippen LogP contribution in [-0.2, 0) is 4.79 Å². The monoisotopic (exact) mass is 274 g/mol. The van der Waals surface area contributed by atoms with Gasteiger partial charge >= 0.3 is 0 Å². The molecule has 0 unspecified atom stereocenters. The molecule has 0 saturated carbocycles. The van der Waals surface area contributed by atoms with Crippen LogP contribution in [0.5, 0.6) is 0 Å². The fraction of sp³-hybridized carbons (Fsp3) is 0.417. The molecule has 0 aliphatic carbocycles. The lowest BCUT2D eigenvalue weighted by molar-refractivity contribution is -0.124. The van der Waals surface area contributed by atoms with Crippen LogP contribution < -0.4 is 11.1 Å². The summed E-state index contributed by atoms with van der Waals surface area (Å²) in [5, 5.41) is 3.76. The molecule has 0 aliphatic rings. The van der Waals surface area contributed by atoms with Gasteiger partial charge in [0.05, 0.1) is 10.7 Å². The molecule has 0 fully saturated rings. The number of nitrogens with two attached hydrogens (primary N) is 1. The molecule has 3 nitrogen and oxygen atoms in total. The largest absolute Gasteiger partial charge is 0.330 e.